The number of fused-ring (bicyclic) bond motifs is 1. The summed E-state index contributed by atoms with van der Waals surface area (Å²) < 4.78 is 5.62. The molecule has 1 aliphatic heterocycles. The minimum atomic E-state index is -0.113. The average molecular weight is 316 g/mol. The van der Waals surface area contributed by atoms with E-state index in [4.69, 9.17) is 4.74 Å². The number of ether oxygens (including phenoxy) is 1. The van der Waals surface area contributed by atoms with E-state index in [0.717, 1.165) is 25.9 Å². The first kappa shape index (κ1) is 16.3. The van der Waals surface area contributed by atoms with E-state index < -0.39 is 0 Å². The predicted molar refractivity (Wildman–Crippen MR) is 91.6 cm³/mol. The summed E-state index contributed by atoms with van der Waals surface area (Å²) in [6.07, 6.45) is 7.20. The molecule has 3 unspecified atom stereocenters. The van der Waals surface area contributed by atoms with E-state index in [2.05, 4.69) is 28.8 Å². The quantitative estimate of drug-likeness (QED) is 0.893. The van der Waals surface area contributed by atoms with E-state index in [1.807, 2.05) is 13.8 Å². The van der Waals surface area contributed by atoms with E-state index >= 15 is 0 Å². The number of amides is 2. The summed E-state index contributed by atoms with van der Waals surface area (Å²) in [6, 6.07) is 6.60. The van der Waals surface area contributed by atoms with Crippen LogP contribution in [0.25, 0.3) is 0 Å². The Hall–Kier alpha value is -1.55. The van der Waals surface area contributed by atoms with Gasteiger partial charge in [0, 0.05) is 6.61 Å². The number of hydrogen-bond acceptors (Lipinski definition) is 2. The van der Waals surface area contributed by atoms with E-state index in [-0.39, 0.29) is 24.2 Å². The predicted octanol–water partition coefficient (Wildman–Crippen LogP) is 3.49. The average Bonchev–Trinajstić information content (AvgIpc) is 3.08. The molecule has 4 nitrogen and oxygen atoms in total. The van der Waals surface area contributed by atoms with Crippen molar-refractivity contribution in [2.75, 3.05) is 6.61 Å². The first-order chi connectivity index (χ1) is 11.1. The lowest BCUT2D eigenvalue weighted by atomic mass is 9.89. The van der Waals surface area contributed by atoms with Crippen molar-refractivity contribution < 1.29 is 9.53 Å². The molecule has 2 N–H and O–H groups in total. The molecule has 0 aromatic heterocycles. The van der Waals surface area contributed by atoms with Crippen LogP contribution < -0.4 is 10.6 Å². The number of hydrogen-bond donors (Lipinski definition) is 2. The molecule has 1 heterocycles. The highest BCUT2D eigenvalue weighted by Crippen LogP contribution is 2.24. The summed E-state index contributed by atoms with van der Waals surface area (Å²) in [4.78, 5) is 12.2. The van der Waals surface area contributed by atoms with E-state index in [9.17, 15) is 4.79 Å². The van der Waals surface area contributed by atoms with Crippen LogP contribution in [0, 0.1) is 0 Å². The van der Waals surface area contributed by atoms with Gasteiger partial charge >= 0.3 is 6.03 Å². The van der Waals surface area contributed by atoms with Gasteiger partial charge in [-0.05, 0) is 69.1 Å². The van der Waals surface area contributed by atoms with E-state index in [1.54, 1.807) is 0 Å². The number of nitrogens with one attached hydrogen (secondary N) is 2. The fraction of sp³-hybridized carbons (Fsp3) is 0.632. The van der Waals surface area contributed by atoms with Crippen molar-refractivity contribution in [2.24, 2.45) is 0 Å². The van der Waals surface area contributed by atoms with Crippen molar-refractivity contribution in [3.8, 4) is 0 Å². The molecule has 0 spiro atoms. The molecule has 1 fully saturated rings. The van der Waals surface area contributed by atoms with Crippen LogP contribution in [0.1, 0.15) is 62.3 Å². The summed E-state index contributed by atoms with van der Waals surface area (Å²) in [5.41, 5.74) is 4.12. The third-order valence-electron chi connectivity index (χ3n) is 5.10. The summed E-state index contributed by atoms with van der Waals surface area (Å²) >= 11 is 0. The second-order valence-corrected chi connectivity index (χ2v) is 6.91. The zero-order valence-corrected chi connectivity index (χ0v) is 14.2. The molecule has 1 aromatic carbocycles. The molecule has 0 radical (unpaired) electrons. The fourth-order valence-corrected chi connectivity index (χ4v) is 3.64. The highest BCUT2D eigenvalue weighted by molar-refractivity contribution is 5.74. The van der Waals surface area contributed by atoms with Gasteiger partial charge < -0.3 is 15.4 Å². The van der Waals surface area contributed by atoms with Gasteiger partial charge in [-0.2, -0.15) is 0 Å². The molecule has 0 bridgehead atoms. The van der Waals surface area contributed by atoms with Crippen molar-refractivity contribution in [1.82, 2.24) is 10.6 Å². The third kappa shape index (κ3) is 4.05. The largest absolute Gasteiger partial charge is 0.376 e. The maximum atomic E-state index is 12.2. The molecule has 1 saturated heterocycles. The SMILES string of the molecule is CC(NC(=O)NC(C)C1CCCO1)c1ccc2c(c1)CCCC2. The molecular weight excluding hydrogens is 288 g/mol. The van der Waals surface area contributed by atoms with Gasteiger partial charge in [0.05, 0.1) is 18.2 Å². The lowest BCUT2D eigenvalue weighted by molar-refractivity contribution is 0.0859. The van der Waals surface area contributed by atoms with Crippen molar-refractivity contribution in [3.05, 3.63) is 34.9 Å². The number of rotatable bonds is 4. The van der Waals surface area contributed by atoms with Crippen molar-refractivity contribution in [3.63, 3.8) is 0 Å². The lowest BCUT2D eigenvalue weighted by Crippen LogP contribution is -2.46. The van der Waals surface area contributed by atoms with Crippen LogP contribution in [0.3, 0.4) is 0 Å². The maximum Gasteiger partial charge on any atom is 0.315 e. The molecule has 0 saturated carbocycles. The van der Waals surface area contributed by atoms with Crippen LogP contribution in [0.4, 0.5) is 4.79 Å². The zero-order valence-electron chi connectivity index (χ0n) is 14.2. The van der Waals surface area contributed by atoms with Crippen LogP contribution in [-0.2, 0) is 17.6 Å². The Labute approximate surface area is 139 Å². The summed E-state index contributed by atoms with van der Waals surface area (Å²) in [6.45, 7) is 4.86. The summed E-state index contributed by atoms with van der Waals surface area (Å²) in [7, 11) is 0. The van der Waals surface area contributed by atoms with Crippen molar-refractivity contribution in [1.29, 1.82) is 0 Å². The normalized spacial score (nSPS) is 23.0. The Morgan fingerprint density at radius 3 is 2.65 bits per heavy atom. The molecule has 3 rings (SSSR count). The Bertz CT molecular complexity index is 552. The molecule has 23 heavy (non-hydrogen) atoms. The molecule has 2 aliphatic rings. The molecule has 1 aromatic rings. The van der Waals surface area contributed by atoms with Gasteiger partial charge in [0.2, 0.25) is 0 Å². The Balaban J connectivity index is 1.55. The topological polar surface area (TPSA) is 50.4 Å². The van der Waals surface area contributed by atoms with Crippen LogP contribution in [-0.4, -0.2) is 24.8 Å². The molecule has 4 heteroatoms. The van der Waals surface area contributed by atoms with Crippen LogP contribution in [0.5, 0.6) is 0 Å². The van der Waals surface area contributed by atoms with Gasteiger partial charge in [-0.25, -0.2) is 4.79 Å². The minimum Gasteiger partial charge on any atom is -0.376 e. The van der Waals surface area contributed by atoms with E-state index in [1.165, 1.54) is 36.0 Å². The highest BCUT2D eigenvalue weighted by atomic mass is 16.5. The molecular formula is C19H28N2O2. The number of aryl methyl sites for hydroxylation is 2. The van der Waals surface area contributed by atoms with Crippen molar-refractivity contribution in [2.45, 2.75) is 70.6 Å². The maximum absolute atomic E-state index is 12.2. The van der Waals surface area contributed by atoms with Gasteiger partial charge in [0.1, 0.15) is 0 Å². The standard InChI is InChI=1S/C19H28N2O2/c1-13(16-10-9-15-6-3-4-7-17(15)12-16)20-19(22)21-14(2)18-8-5-11-23-18/h9-10,12-14,18H,3-8,11H2,1-2H3,(H2,20,21,22). The smallest absolute Gasteiger partial charge is 0.315 e. The van der Waals surface area contributed by atoms with Gasteiger partial charge in [-0.3, -0.25) is 0 Å². The van der Waals surface area contributed by atoms with Crippen LogP contribution in [0.2, 0.25) is 0 Å². The summed E-state index contributed by atoms with van der Waals surface area (Å²) in [5.74, 6) is 0. The molecule has 126 valence electrons. The van der Waals surface area contributed by atoms with Gasteiger partial charge in [0.25, 0.3) is 0 Å². The van der Waals surface area contributed by atoms with E-state index in [0.29, 0.717) is 0 Å². The second kappa shape index (κ2) is 7.35. The molecule has 2 amide bonds. The monoisotopic (exact) mass is 316 g/mol. The van der Waals surface area contributed by atoms with Crippen LogP contribution in [0.15, 0.2) is 18.2 Å². The first-order valence-electron chi connectivity index (χ1n) is 8.94. The number of urea groups is 1. The Morgan fingerprint density at radius 1 is 1.13 bits per heavy atom. The van der Waals surface area contributed by atoms with Gasteiger partial charge in [-0.1, -0.05) is 18.2 Å². The first-order valence-corrected chi connectivity index (χ1v) is 8.94. The Kier molecular flexibility index (Phi) is 5.21. The summed E-state index contributed by atoms with van der Waals surface area (Å²) in [5, 5.41) is 6.06. The zero-order chi connectivity index (χ0) is 16.2. The second-order valence-electron chi connectivity index (χ2n) is 6.91. The van der Waals surface area contributed by atoms with Crippen LogP contribution >= 0.6 is 0 Å². The Morgan fingerprint density at radius 2 is 1.91 bits per heavy atom. The lowest BCUT2D eigenvalue weighted by Gasteiger charge is -2.23. The van der Waals surface area contributed by atoms with Crippen molar-refractivity contribution >= 4 is 6.03 Å². The number of carbonyl (C=O) groups excluding carboxylic acids is 1. The van der Waals surface area contributed by atoms with Gasteiger partial charge in [-0.15, -0.1) is 0 Å². The van der Waals surface area contributed by atoms with Gasteiger partial charge in [0.15, 0.2) is 0 Å². The highest BCUT2D eigenvalue weighted by Gasteiger charge is 2.24. The minimum absolute atomic E-state index is 0.0129. The third-order valence-corrected chi connectivity index (χ3v) is 5.10. The number of benzene rings is 1. The fourth-order valence-electron chi connectivity index (χ4n) is 3.64. The molecule has 3 atom stereocenters. The number of carbonyl (C=O) groups is 1. The molecule has 1 aliphatic carbocycles.